The van der Waals surface area contributed by atoms with Crippen LogP contribution in [0.2, 0.25) is 0 Å². The molecule has 0 radical (unpaired) electrons. The van der Waals surface area contributed by atoms with Gasteiger partial charge in [-0.25, -0.2) is 4.79 Å². The molecular weight excluding hydrogens is 254 g/mol. The molecule has 0 spiro atoms. The number of amides is 2. The van der Waals surface area contributed by atoms with Crippen LogP contribution >= 0.6 is 0 Å². The molecule has 1 saturated heterocycles. The summed E-state index contributed by atoms with van der Waals surface area (Å²) in [5, 5.41) is 10.00. The van der Waals surface area contributed by atoms with E-state index in [4.69, 9.17) is 0 Å². The van der Waals surface area contributed by atoms with Gasteiger partial charge in [0.25, 0.3) is 0 Å². The van der Waals surface area contributed by atoms with E-state index in [1.54, 1.807) is 4.68 Å². The van der Waals surface area contributed by atoms with Crippen LogP contribution in [0.3, 0.4) is 0 Å². The Morgan fingerprint density at radius 3 is 3.00 bits per heavy atom. The molecule has 0 aromatic carbocycles. The van der Waals surface area contributed by atoms with Crippen molar-refractivity contribution < 1.29 is 4.79 Å². The highest BCUT2D eigenvalue weighted by atomic mass is 16.2. The lowest BCUT2D eigenvalue weighted by Gasteiger charge is -2.31. The van der Waals surface area contributed by atoms with Crippen molar-refractivity contribution in [2.45, 2.75) is 26.7 Å². The third-order valence-corrected chi connectivity index (χ3v) is 3.85. The van der Waals surface area contributed by atoms with Crippen LogP contribution in [0.5, 0.6) is 0 Å². The summed E-state index contributed by atoms with van der Waals surface area (Å²) in [4.78, 5) is 14.3. The molecule has 2 N–H and O–H groups in total. The first kappa shape index (κ1) is 14.8. The lowest BCUT2D eigenvalue weighted by atomic mass is 9.98. The number of hydrogen-bond acceptors (Lipinski definition) is 3. The van der Waals surface area contributed by atoms with E-state index >= 15 is 0 Å². The lowest BCUT2D eigenvalue weighted by molar-refractivity contribution is 0.180. The predicted molar refractivity (Wildman–Crippen MR) is 79.8 cm³/mol. The first-order valence-corrected chi connectivity index (χ1v) is 7.36. The second-order valence-electron chi connectivity index (χ2n) is 5.53. The van der Waals surface area contributed by atoms with E-state index in [1.165, 1.54) is 19.4 Å². The maximum atomic E-state index is 11.9. The molecule has 112 valence electrons. The molecule has 1 aromatic rings. The van der Waals surface area contributed by atoms with Crippen LogP contribution in [-0.2, 0) is 7.05 Å². The Labute approximate surface area is 120 Å². The standard InChI is InChI=1S/C14H25N5O/c1-4-19-7-5-6-12(10-19)9-15-14(20)16-13-8-11(2)17-18(13)3/h8,12H,4-7,9-10H2,1-3H3,(H2,15,16,20). The van der Waals surface area contributed by atoms with Crippen LogP contribution in [0.15, 0.2) is 6.07 Å². The maximum Gasteiger partial charge on any atom is 0.320 e. The number of carbonyl (C=O) groups excluding carboxylic acids is 1. The van der Waals surface area contributed by atoms with Crippen molar-refractivity contribution in [3.63, 3.8) is 0 Å². The van der Waals surface area contributed by atoms with E-state index in [1.807, 2.05) is 20.0 Å². The fraction of sp³-hybridized carbons (Fsp3) is 0.714. The van der Waals surface area contributed by atoms with Crippen molar-refractivity contribution in [1.29, 1.82) is 0 Å². The number of urea groups is 1. The van der Waals surface area contributed by atoms with Gasteiger partial charge in [-0.3, -0.25) is 10.00 Å². The van der Waals surface area contributed by atoms with E-state index in [9.17, 15) is 4.79 Å². The molecule has 2 rings (SSSR count). The van der Waals surface area contributed by atoms with Gasteiger partial charge in [-0.05, 0) is 38.8 Å². The van der Waals surface area contributed by atoms with Gasteiger partial charge in [0.1, 0.15) is 5.82 Å². The summed E-state index contributed by atoms with van der Waals surface area (Å²) in [6.07, 6.45) is 2.42. The average molecular weight is 279 g/mol. The minimum Gasteiger partial charge on any atom is -0.338 e. The number of nitrogens with one attached hydrogen (secondary N) is 2. The molecule has 2 heterocycles. The topological polar surface area (TPSA) is 62.2 Å². The van der Waals surface area contributed by atoms with E-state index in [0.717, 1.165) is 31.1 Å². The van der Waals surface area contributed by atoms with Crippen LogP contribution in [0, 0.1) is 12.8 Å². The molecule has 6 heteroatoms. The SMILES string of the molecule is CCN1CCCC(CNC(=O)Nc2cc(C)nn2C)C1. The number of anilines is 1. The molecule has 1 atom stereocenters. The highest BCUT2D eigenvalue weighted by Gasteiger charge is 2.19. The second kappa shape index (κ2) is 6.74. The number of piperidine rings is 1. The summed E-state index contributed by atoms with van der Waals surface area (Å²) < 4.78 is 1.67. The van der Waals surface area contributed by atoms with Crippen LogP contribution in [-0.4, -0.2) is 46.9 Å². The summed E-state index contributed by atoms with van der Waals surface area (Å²) in [7, 11) is 1.82. The van der Waals surface area contributed by atoms with Gasteiger partial charge in [0.15, 0.2) is 0 Å². The zero-order valence-electron chi connectivity index (χ0n) is 12.6. The lowest BCUT2D eigenvalue weighted by Crippen LogP contribution is -2.41. The molecule has 20 heavy (non-hydrogen) atoms. The number of rotatable bonds is 4. The quantitative estimate of drug-likeness (QED) is 0.879. The smallest absolute Gasteiger partial charge is 0.320 e. The molecule has 1 aliphatic heterocycles. The van der Waals surface area contributed by atoms with Crippen LogP contribution in [0.25, 0.3) is 0 Å². The molecule has 0 aliphatic carbocycles. The molecule has 1 unspecified atom stereocenters. The van der Waals surface area contributed by atoms with E-state index in [0.29, 0.717) is 5.92 Å². The van der Waals surface area contributed by atoms with Crippen LogP contribution < -0.4 is 10.6 Å². The number of likely N-dealkylation sites (tertiary alicyclic amines) is 1. The molecular formula is C14H25N5O. The fourth-order valence-electron chi connectivity index (χ4n) is 2.73. The highest BCUT2D eigenvalue weighted by Crippen LogP contribution is 2.15. The number of nitrogens with zero attached hydrogens (tertiary/aromatic N) is 3. The summed E-state index contributed by atoms with van der Waals surface area (Å²) in [6.45, 7) is 8.20. The van der Waals surface area contributed by atoms with E-state index in [-0.39, 0.29) is 6.03 Å². The van der Waals surface area contributed by atoms with Crippen molar-refractivity contribution in [3.8, 4) is 0 Å². The Kier molecular flexibility index (Phi) is 5.00. The van der Waals surface area contributed by atoms with Gasteiger partial charge in [-0.1, -0.05) is 6.92 Å². The van der Waals surface area contributed by atoms with Crippen LogP contribution in [0.4, 0.5) is 10.6 Å². The van der Waals surface area contributed by atoms with Crippen molar-refractivity contribution in [1.82, 2.24) is 20.0 Å². The molecule has 6 nitrogen and oxygen atoms in total. The number of carbonyl (C=O) groups is 1. The fourth-order valence-corrected chi connectivity index (χ4v) is 2.73. The van der Waals surface area contributed by atoms with Gasteiger partial charge in [0.05, 0.1) is 5.69 Å². The molecule has 0 saturated carbocycles. The van der Waals surface area contributed by atoms with Crippen molar-refractivity contribution in [3.05, 3.63) is 11.8 Å². The predicted octanol–water partition coefficient (Wildman–Crippen LogP) is 1.58. The normalized spacial score (nSPS) is 19.9. The Hall–Kier alpha value is -1.56. The Bertz CT molecular complexity index is 456. The van der Waals surface area contributed by atoms with Gasteiger partial charge >= 0.3 is 6.03 Å². The monoisotopic (exact) mass is 279 g/mol. The minimum atomic E-state index is -0.151. The highest BCUT2D eigenvalue weighted by molar-refractivity contribution is 5.88. The third-order valence-electron chi connectivity index (χ3n) is 3.85. The average Bonchev–Trinajstić information content (AvgIpc) is 2.75. The number of hydrogen-bond donors (Lipinski definition) is 2. The van der Waals surface area contributed by atoms with Gasteiger partial charge in [-0.15, -0.1) is 0 Å². The zero-order chi connectivity index (χ0) is 14.5. The first-order chi connectivity index (χ1) is 9.58. The Balaban J connectivity index is 1.76. The first-order valence-electron chi connectivity index (χ1n) is 7.36. The minimum absolute atomic E-state index is 0.151. The van der Waals surface area contributed by atoms with E-state index in [2.05, 4.69) is 27.6 Å². The van der Waals surface area contributed by atoms with Crippen molar-refractivity contribution in [2.75, 3.05) is 31.5 Å². The molecule has 1 aliphatic rings. The Morgan fingerprint density at radius 1 is 1.55 bits per heavy atom. The summed E-state index contributed by atoms with van der Waals surface area (Å²) in [6, 6.07) is 1.71. The third kappa shape index (κ3) is 3.96. The molecule has 2 amide bonds. The molecule has 0 bridgehead atoms. The zero-order valence-corrected chi connectivity index (χ0v) is 12.6. The van der Waals surface area contributed by atoms with E-state index < -0.39 is 0 Å². The molecule has 1 aromatic heterocycles. The van der Waals surface area contributed by atoms with Gasteiger partial charge in [0, 0.05) is 26.2 Å². The summed E-state index contributed by atoms with van der Waals surface area (Å²) in [5.74, 6) is 1.28. The summed E-state index contributed by atoms with van der Waals surface area (Å²) in [5.41, 5.74) is 0.897. The Morgan fingerprint density at radius 2 is 2.35 bits per heavy atom. The summed E-state index contributed by atoms with van der Waals surface area (Å²) >= 11 is 0. The number of aryl methyl sites for hydroxylation is 2. The van der Waals surface area contributed by atoms with Crippen LogP contribution in [0.1, 0.15) is 25.5 Å². The van der Waals surface area contributed by atoms with Gasteiger partial charge < -0.3 is 10.2 Å². The van der Waals surface area contributed by atoms with Crippen molar-refractivity contribution >= 4 is 11.8 Å². The van der Waals surface area contributed by atoms with Crippen molar-refractivity contribution in [2.24, 2.45) is 13.0 Å². The second-order valence-corrected chi connectivity index (χ2v) is 5.53. The largest absolute Gasteiger partial charge is 0.338 e. The number of aromatic nitrogens is 2. The maximum absolute atomic E-state index is 11.9. The van der Waals surface area contributed by atoms with Gasteiger partial charge in [0.2, 0.25) is 0 Å². The molecule has 1 fully saturated rings. The van der Waals surface area contributed by atoms with Gasteiger partial charge in [-0.2, -0.15) is 5.10 Å².